The zero-order chi connectivity index (χ0) is 16.6. The Morgan fingerprint density at radius 1 is 1.48 bits per heavy atom. The van der Waals surface area contributed by atoms with E-state index in [1.54, 1.807) is 6.07 Å². The molecule has 0 saturated heterocycles. The minimum atomic E-state index is -1.21. The lowest BCUT2D eigenvalue weighted by Crippen LogP contribution is -2.30. The zero-order valence-electron chi connectivity index (χ0n) is 11.7. The van der Waals surface area contributed by atoms with E-state index in [9.17, 15) is 14.0 Å². The molecule has 1 aromatic heterocycles. The van der Waals surface area contributed by atoms with Crippen LogP contribution in [0.15, 0.2) is 24.4 Å². The van der Waals surface area contributed by atoms with Crippen LogP contribution in [-0.4, -0.2) is 38.0 Å². The minimum Gasteiger partial charge on any atom is -0.476 e. The van der Waals surface area contributed by atoms with Crippen molar-refractivity contribution in [1.82, 2.24) is 20.3 Å². The van der Waals surface area contributed by atoms with Gasteiger partial charge in [-0.3, -0.25) is 4.79 Å². The molecule has 2 unspecified atom stereocenters. The van der Waals surface area contributed by atoms with Crippen molar-refractivity contribution in [1.29, 1.82) is 0 Å². The zero-order valence-corrected chi connectivity index (χ0v) is 12.5. The number of carboxylic acid groups (broad SMARTS) is 1. The van der Waals surface area contributed by atoms with Gasteiger partial charge in [0.15, 0.2) is 5.69 Å². The Morgan fingerprint density at radius 3 is 2.91 bits per heavy atom. The molecule has 120 valence electrons. The Hall–Kier alpha value is -2.48. The maximum absolute atomic E-state index is 13.8. The number of carboxylic acids is 1. The van der Waals surface area contributed by atoms with Gasteiger partial charge in [0.25, 0.3) is 0 Å². The predicted octanol–water partition coefficient (Wildman–Crippen LogP) is 1.44. The highest BCUT2D eigenvalue weighted by Crippen LogP contribution is 2.44. The number of aromatic carboxylic acids is 1. The number of rotatable bonds is 5. The van der Waals surface area contributed by atoms with E-state index in [1.165, 1.54) is 18.3 Å². The lowest BCUT2D eigenvalue weighted by molar-refractivity contribution is -0.122. The van der Waals surface area contributed by atoms with E-state index in [0.29, 0.717) is 17.0 Å². The van der Waals surface area contributed by atoms with Gasteiger partial charge >= 0.3 is 5.97 Å². The van der Waals surface area contributed by atoms with Crippen LogP contribution in [0.25, 0.3) is 0 Å². The molecular weight excluding hydrogens is 327 g/mol. The maximum Gasteiger partial charge on any atom is 0.358 e. The van der Waals surface area contributed by atoms with Crippen molar-refractivity contribution in [2.24, 2.45) is 0 Å². The molecule has 2 aromatic rings. The van der Waals surface area contributed by atoms with Gasteiger partial charge in [0.2, 0.25) is 5.91 Å². The number of nitrogens with zero attached hydrogens (tertiary/aromatic N) is 3. The summed E-state index contributed by atoms with van der Waals surface area (Å²) in [6, 6.07) is 4.28. The summed E-state index contributed by atoms with van der Waals surface area (Å²) in [6.45, 7) is -0.158. The Kier molecular flexibility index (Phi) is 3.99. The van der Waals surface area contributed by atoms with Gasteiger partial charge in [-0.05, 0) is 18.6 Å². The van der Waals surface area contributed by atoms with Crippen molar-refractivity contribution >= 4 is 23.5 Å². The van der Waals surface area contributed by atoms with E-state index < -0.39 is 5.97 Å². The molecule has 1 aromatic carbocycles. The van der Waals surface area contributed by atoms with E-state index in [0.717, 1.165) is 4.68 Å². The summed E-state index contributed by atoms with van der Waals surface area (Å²) >= 11 is 6.00. The summed E-state index contributed by atoms with van der Waals surface area (Å²) in [5.74, 6) is -2.11. The molecule has 1 saturated carbocycles. The third kappa shape index (κ3) is 3.31. The Morgan fingerprint density at radius 2 is 2.26 bits per heavy atom. The molecular formula is C14H12ClFN4O3. The quantitative estimate of drug-likeness (QED) is 0.859. The maximum atomic E-state index is 13.8. The number of carbonyl (C=O) groups excluding carboxylic acids is 1. The SMILES string of the molecule is O=C(Cn1cc(C(=O)O)nn1)NC1CC1c1c(F)cccc1Cl. The van der Waals surface area contributed by atoms with Crippen molar-refractivity contribution < 1.29 is 19.1 Å². The fraction of sp³-hybridized carbons (Fsp3) is 0.286. The second kappa shape index (κ2) is 5.96. The molecule has 1 heterocycles. The summed E-state index contributed by atoms with van der Waals surface area (Å²) in [7, 11) is 0. The summed E-state index contributed by atoms with van der Waals surface area (Å²) in [6.07, 6.45) is 1.77. The molecule has 1 aliphatic rings. The number of amides is 1. The third-order valence-corrected chi connectivity index (χ3v) is 3.90. The number of carbonyl (C=O) groups is 2. The first kappa shape index (κ1) is 15.4. The van der Waals surface area contributed by atoms with Crippen LogP contribution in [0.4, 0.5) is 4.39 Å². The van der Waals surface area contributed by atoms with Crippen molar-refractivity contribution in [2.45, 2.75) is 24.9 Å². The standard InChI is InChI=1S/C14H12ClFN4O3/c15-8-2-1-3-9(16)13(8)7-4-10(7)17-12(21)6-20-5-11(14(22)23)18-19-20/h1-3,5,7,10H,4,6H2,(H,17,21)(H,22,23). The average molecular weight is 339 g/mol. The van der Waals surface area contributed by atoms with Crippen LogP contribution in [0.1, 0.15) is 28.4 Å². The average Bonchev–Trinajstić information content (AvgIpc) is 3.04. The summed E-state index contributed by atoms with van der Waals surface area (Å²) in [5, 5.41) is 18.8. The number of hydrogen-bond donors (Lipinski definition) is 2. The number of hydrogen-bond acceptors (Lipinski definition) is 4. The Bertz CT molecular complexity index is 759. The molecule has 0 bridgehead atoms. The van der Waals surface area contributed by atoms with Crippen LogP contribution in [-0.2, 0) is 11.3 Å². The third-order valence-electron chi connectivity index (χ3n) is 3.57. The van der Waals surface area contributed by atoms with E-state index in [2.05, 4.69) is 15.6 Å². The number of benzene rings is 1. The molecule has 0 spiro atoms. The van der Waals surface area contributed by atoms with Crippen LogP contribution in [0.2, 0.25) is 5.02 Å². The first-order chi connectivity index (χ1) is 11.0. The number of halogens is 2. The van der Waals surface area contributed by atoms with Gasteiger partial charge in [0, 0.05) is 22.5 Å². The van der Waals surface area contributed by atoms with Crippen LogP contribution in [0.5, 0.6) is 0 Å². The molecule has 1 aliphatic carbocycles. The predicted molar refractivity (Wildman–Crippen MR) is 77.7 cm³/mol. The monoisotopic (exact) mass is 338 g/mol. The summed E-state index contributed by atoms with van der Waals surface area (Å²) in [4.78, 5) is 22.6. The lowest BCUT2D eigenvalue weighted by atomic mass is 10.1. The Balaban J connectivity index is 1.58. The molecule has 23 heavy (non-hydrogen) atoms. The van der Waals surface area contributed by atoms with Crippen LogP contribution in [0, 0.1) is 5.82 Å². The molecule has 2 N–H and O–H groups in total. The van der Waals surface area contributed by atoms with Crippen molar-refractivity contribution in [3.8, 4) is 0 Å². The van der Waals surface area contributed by atoms with Crippen molar-refractivity contribution in [2.75, 3.05) is 0 Å². The fourth-order valence-electron chi connectivity index (χ4n) is 2.41. The van der Waals surface area contributed by atoms with Gasteiger partial charge in [-0.15, -0.1) is 5.10 Å². The van der Waals surface area contributed by atoms with Gasteiger partial charge in [0.05, 0.1) is 6.20 Å². The van der Waals surface area contributed by atoms with E-state index in [4.69, 9.17) is 16.7 Å². The highest BCUT2D eigenvalue weighted by atomic mass is 35.5. The van der Waals surface area contributed by atoms with E-state index >= 15 is 0 Å². The first-order valence-corrected chi connectivity index (χ1v) is 7.20. The Labute approximate surface area is 135 Å². The molecule has 0 radical (unpaired) electrons. The molecule has 2 atom stereocenters. The highest BCUT2D eigenvalue weighted by molar-refractivity contribution is 6.31. The topological polar surface area (TPSA) is 97.1 Å². The number of nitrogens with one attached hydrogen (secondary N) is 1. The van der Waals surface area contributed by atoms with Gasteiger partial charge in [-0.25, -0.2) is 13.9 Å². The number of aromatic nitrogens is 3. The summed E-state index contributed by atoms with van der Waals surface area (Å²) in [5.41, 5.74) is 0.175. The molecule has 7 nitrogen and oxygen atoms in total. The largest absolute Gasteiger partial charge is 0.476 e. The van der Waals surface area contributed by atoms with Gasteiger partial charge in [-0.2, -0.15) is 0 Å². The van der Waals surface area contributed by atoms with Crippen molar-refractivity contribution in [3.05, 3.63) is 46.5 Å². The van der Waals surface area contributed by atoms with Gasteiger partial charge in [0.1, 0.15) is 12.4 Å². The second-order valence-electron chi connectivity index (χ2n) is 5.26. The van der Waals surface area contributed by atoms with Crippen LogP contribution in [0.3, 0.4) is 0 Å². The second-order valence-corrected chi connectivity index (χ2v) is 5.67. The molecule has 1 amide bonds. The van der Waals surface area contributed by atoms with Gasteiger partial charge < -0.3 is 10.4 Å². The lowest BCUT2D eigenvalue weighted by Gasteiger charge is -2.07. The highest BCUT2D eigenvalue weighted by Gasteiger charge is 2.42. The fourth-order valence-corrected chi connectivity index (χ4v) is 2.71. The van der Waals surface area contributed by atoms with E-state index in [-0.39, 0.29) is 35.9 Å². The van der Waals surface area contributed by atoms with Crippen LogP contribution >= 0.6 is 11.6 Å². The van der Waals surface area contributed by atoms with Crippen LogP contribution < -0.4 is 5.32 Å². The minimum absolute atomic E-state index is 0.155. The first-order valence-electron chi connectivity index (χ1n) is 6.82. The molecule has 3 rings (SSSR count). The molecule has 9 heteroatoms. The normalized spacial score (nSPS) is 19.4. The smallest absolute Gasteiger partial charge is 0.358 e. The summed E-state index contributed by atoms with van der Waals surface area (Å²) < 4.78 is 14.9. The van der Waals surface area contributed by atoms with Crippen molar-refractivity contribution in [3.63, 3.8) is 0 Å². The van der Waals surface area contributed by atoms with E-state index in [1.807, 2.05) is 0 Å². The van der Waals surface area contributed by atoms with Gasteiger partial charge in [-0.1, -0.05) is 22.9 Å². The molecule has 0 aliphatic heterocycles. The molecule has 1 fully saturated rings.